The minimum absolute atomic E-state index is 0.0177. The van der Waals surface area contributed by atoms with Crippen molar-refractivity contribution in [2.45, 2.75) is 39.7 Å². The van der Waals surface area contributed by atoms with Gasteiger partial charge in [0.1, 0.15) is 0 Å². The van der Waals surface area contributed by atoms with Crippen LogP contribution < -0.4 is 11.1 Å². The van der Waals surface area contributed by atoms with Crippen LogP contribution in [0.5, 0.6) is 0 Å². The number of carbonyl (C=O) groups is 1. The van der Waals surface area contributed by atoms with Crippen LogP contribution in [-0.4, -0.2) is 18.5 Å². The highest BCUT2D eigenvalue weighted by molar-refractivity contribution is 5.76. The maximum atomic E-state index is 11.3. The second kappa shape index (κ2) is 7.40. The van der Waals surface area contributed by atoms with E-state index in [0.29, 0.717) is 25.3 Å². The Morgan fingerprint density at radius 2 is 2.14 bits per heavy atom. The van der Waals surface area contributed by atoms with E-state index in [-0.39, 0.29) is 11.9 Å². The molecule has 0 aromatic heterocycles. The molecule has 0 aliphatic carbocycles. The summed E-state index contributed by atoms with van der Waals surface area (Å²) in [5.41, 5.74) is 5.76. The predicted octanol–water partition coefficient (Wildman–Crippen LogP) is 0.889. The van der Waals surface area contributed by atoms with E-state index in [2.05, 4.69) is 17.2 Å². The third kappa shape index (κ3) is 6.50. The molecule has 0 fully saturated rings. The van der Waals surface area contributed by atoms with Gasteiger partial charge < -0.3 is 11.1 Å². The van der Waals surface area contributed by atoms with Crippen LogP contribution in [0.1, 0.15) is 33.6 Å². The molecule has 0 bridgehead atoms. The van der Waals surface area contributed by atoms with Crippen molar-refractivity contribution in [3.63, 3.8) is 0 Å². The lowest BCUT2D eigenvalue weighted by Gasteiger charge is -2.14. The molecule has 3 heteroatoms. The molecule has 0 aliphatic heterocycles. The highest BCUT2D eigenvalue weighted by atomic mass is 16.1. The Morgan fingerprint density at radius 3 is 2.64 bits per heavy atom. The minimum atomic E-state index is -0.0488. The fourth-order valence-corrected chi connectivity index (χ4v) is 0.911. The molecule has 0 heterocycles. The summed E-state index contributed by atoms with van der Waals surface area (Å²) in [6.07, 6.45) is 1.11. The monoisotopic (exact) mass is 196 g/mol. The Morgan fingerprint density at radius 1 is 1.50 bits per heavy atom. The molecule has 0 spiro atoms. The first-order chi connectivity index (χ1) is 6.57. The van der Waals surface area contributed by atoms with Crippen molar-refractivity contribution >= 4 is 5.91 Å². The van der Waals surface area contributed by atoms with E-state index in [0.717, 1.165) is 0 Å². The Bertz CT molecular complexity index is 225. The SMILES string of the molecule is CC#CCCNC(=O)CC(N)C(C)C. The Balaban J connectivity index is 3.58. The Labute approximate surface area is 86.4 Å². The van der Waals surface area contributed by atoms with Crippen LogP contribution in [0.15, 0.2) is 0 Å². The Kier molecular flexibility index (Phi) is 6.87. The van der Waals surface area contributed by atoms with Gasteiger partial charge in [0.05, 0.1) is 0 Å². The predicted molar refractivity (Wildman–Crippen MR) is 58.5 cm³/mol. The van der Waals surface area contributed by atoms with Crippen LogP contribution in [0.2, 0.25) is 0 Å². The first kappa shape index (κ1) is 13.0. The molecule has 3 N–H and O–H groups in total. The van der Waals surface area contributed by atoms with Gasteiger partial charge in [-0.15, -0.1) is 11.8 Å². The molecule has 1 unspecified atom stereocenters. The fourth-order valence-electron chi connectivity index (χ4n) is 0.911. The molecular formula is C11H20N2O. The summed E-state index contributed by atoms with van der Waals surface area (Å²) >= 11 is 0. The summed E-state index contributed by atoms with van der Waals surface area (Å²) in [5.74, 6) is 6.02. The van der Waals surface area contributed by atoms with E-state index in [1.54, 1.807) is 6.92 Å². The van der Waals surface area contributed by atoms with Crippen LogP contribution in [0.4, 0.5) is 0 Å². The molecule has 0 rings (SSSR count). The van der Waals surface area contributed by atoms with Gasteiger partial charge in [-0.05, 0) is 12.8 Å². The maximum absolute atomic E-state index is 11.3. The molecule has 0 aromatic rings. The molecule has 0 aromatic carbocycles. The first-order valence-electron chi connectivity index (χ1n) is 4.99. The summed E-state index contributed by atoms with van der Waals surface area (Å²) in [7, 11) is 0. The van der Waals surface area contributed by atoms with Gasteiger partial charge in [0.15, 0.2) is 0 Å². The van der Waals surface area contributed by atoms with Crippen LogP contribution in [-0.2, 0) is 4.79 Å². The topological polar surface area (TPSA) is 55.1 Å². The third-order valence-corrected chi connectivity index (χ3v) is 2.03. The maximum Gasteiger partial charge on any atom is 0.221 e. The normalized spacial score (nSPS) is 11.8. The average molecular weight is 196 g/mol. The zero-order valence-corrected chi connectivity index (χ0v) is 9.26. The number of nitrogens with one attached hydrogen (secondary N) is 1. The van der Waals surface area contributed by atoms with Crippen LogP contribution in [0.3, 0.4) is 0 Å². The lowest BCUT2D eigenvalue weighted by Crippen LogP contribution is -2.35. The largest absolute Gasteiger partial charge is 0.355 e. The van der Waals surface area contributed by atoms with Crippen molar-refractivity contribution in [3.05, 3.63) is 0 Å². The van der Waals surface area contributed by atoms with Gasteiger partial charge in [-0.3, -0.25) is 4.79 Å². The van der Waals surface area contributed by atoms with E-state index < -0.39 is 0 Å². The second-order valence-corrected chi connectivity index (χ2v) is 3.64. The van der Waals surface area contributed by atoms with Crippen molar-refractivity contribution in [2.75, 3.05) is 6.54 Å². The van der Waals surface area contributed by atoms with Crippen molar-refractivity contribution in [2.24, 2.45) is 11.7 Å². The summed E-state index contributed by atoms with van der Waals surface area (Å²) in [4.78, 5) is 11.3. The van der Waals surface area contributed by atoms with Crippen molar-refractivity contribution in [3.8, 4) is 11.8 Å². The Hall–Kier alpha value is -1.01. The number of carbonyl (C=O) groups excluding carboxylic acids is 1. The highest BCUT2D eigenvalue weighted by Crippen LogP contribution is 2.01. The summed E-state index contributed by atoms with van der Waals surface area (Å²) in [5, 5.41) is 2.78. The van der Waals surface area contributed by atoms with Crippen molar-refractivity contribution in [1.29, 1.82) is 0 Å². The quantitative estimate of drug-likeness (QED) is 0.507. The highest BCUT2D eigenvalue weighted by Gasteiger charge is 2.11. The molecule has 3 nitrogen and oxygen atoms in total. The van der Waals surface area contributed by atoms with Gasteiger partial charge in [0.2, 0.25) is 5.91 Å². The first-order valence-corrected chi connectivity index (χ1v) is 4.99. The number of rotatable bonds is 5. The standard InChI is InChI=1S/C11H20N2O/c1-4-5-6-7-13-11(14)8-10(12)9(2)3/h9-10H,6-8,12H2,1-3H3,(H,13,14). The van der Waals surface area contributed by atoms with Gasteiger partial charge in [0.25, 0.3) is 0 Å². The summed E-state index contributed by atoms with van der Waals surface area (Å²) in [6, 6.07) is -0.0488. The van der Waals surface area contributed by atoms with E-state index in [1.165, 1.54) is 0 Å². The molecular weight excluding hydrogens is 176 g/mol. The number of hydrogen-bond donors (Lipinski definition) is 2. The van der Waals surface area contributed by atoms with E-state index in [4.69, 9.17) is 5.73 Å². The van der Waals surface area contributed by atoms with Gasteiger partial charge in [-0.2, -0.15) is 0 Å². The molecule has 0 radical (unpaired) electrons. The van der Waals surface area contributed by atoms with E-state index in [1.807, 2.05) is 13.8 Å². The lowest BCUT2D eigenvalue weighted by atomic mass is 10.0. The lowest BCUT2D eigenvalue weighted by molar-refractivity contribution is -0.121. The van der Waals surface area contributed by atoms with Gasteiger partial charge in [0, 0.05) is 25.4 Å². The van der Waals surface area contributed by atoms with Gasteiger partial charge in [-0.1, -0.05) is 13.8 Å². The molecule has 0 saturated heterocycles. The fraction of sp³-hybridized carbons (Fsp3) is 0.727. The third-order valence-electron chi connectivity index (χ3n) is 2.03. The number of amides is 1. The zero-order valence-electron chi connectivity index (χ0n) is 9.26. The smallest absolute Gasteiger partial charge is 0.221 e. The van der Waals surface area contributed by atoms with Gasteiger partial charge in [-0.25, -0.2) is 0 Å². The zero-order chi connectivity index (χ0) is 11.0. The summed E-state index contributed by atoms with van der Waals surface area (Å²) in [6.45, 7) is 6.43. The van der Waals surface area contributed by atoms with Crippen LogP contribution in [0, 0.1) is 17.8 Å². The van der Waals surface area contributed by atoms with Crippen LogP contribution >= 0.6 is 0 Å². The number of hydrogen-bond acceptors (Lipinski definition) is 2. The summed E-state index contributed by atoms with van der Waals surface area (Å²) < 4.78 is 0. The van der Waals surface area contributed by atoms with Gasteiger partial charge >= 0.3 is 0 Å². The molecule has 14 heavy (non-hydrogen) atoms. The second-order valence-electron chi connectivity index (χ2n) is 3.64. The molecule has 80 valence electrons. The van der Waals surface area contributed by atoms with Crippen LogP contribution in [0.25, 0.3) is 0 Å². The minimum Gasteiger partial charge on any atom is -0.355 e. The molecule has 1 amide bonds. The molecule has 1 atom stereocenters. The van der Waals surface area contributed by atoms with Crippen molar-refractivity contribution in [1.82, 2.24) is 5.32 Å². The number of nitrogens with two attached hydrogens (primary N) is 1. The molecule has 0 saturated carbocycles. The van der Waals surface area contributed by atoms with E-state index >= 15 is 0 Å². The van der Waals surface area contributed by atoms with E-state index in [9.17, 15) is 4.79 Å². The molecule has 0 aliphatic rings. The van der Waals surface area contributed by atoms with Crippen molar-refractivity contribution < 1.29 is 4.79 Å². The average Bonchev–Trinajstić information content (AvgIpc) is 2.12.